The number of nitrogens with zero attached hydrogens (tertiary/aromatic N) is 2. The number of halogens is 3. The first kappa shape index (κ1) is 17.0. The molecule has 1 unspecified atom stereocenters. The van der Waals surface area contributed by atoms with Crippen LogP contribution in [0.2, 0.25) is 0 Å². The van der Waals surface area contributed by atoms with Gasteiger partial charge < -0.3 is 10.2 Å². The molecule has 2 amide bonds. The highest BCUT2D eigenvalue weighted by molar-refractivity contribution is 5.74. The standard InChI is InChI=1S/C14H16F3N3O3/c15-14(16,17)11-2-1-7-19(9-11)13(21)18-8-10-3-5-12(6-4-10)20(22)23/h3-6,11H,1-2,7-9H2,(H,18,21). The van der Waals surface area contributed by atoms with Crippen LogP contribution in [0.3, 0.4) is 0 Å². The molecule has 1 fully saturated rings. The zero-order chi connectivity index (χ0) is 17.0. The second-order valence-electron chi connectivity index (χ2n) is 5.41. The number of likely N-dealkylation sites (tertiary alicyclic amines) is 1. The van der Waals surface area contributed by atoms with Gasteiger partial charge in [-0.1, -0.05) is 12.1 Å². The Morgan fingerprint density at radius 3 is 2.57 bits per heavy atom. The number of nitrogens with one attached hydrogen (secondary N) is 1. The summed E-state index contributed by atoms with van der Waals surface area (Å²) in [5.41, 5.74) is 0.567. The van der Waals surface area contributed by atoms with E-state index in [0.29, 0.717) is 18.5 Å². The Kier molecular flexibility index (Phi) is 5.07. The lowest BCUT2D eigenvalue weighted by Crippen LogP contribution is -2.48. The Bertz CT molecular complexity index is 575. The van der Waals surface area contributed by atoms with Gasteiger partial charge >= 0.3 is 12.2 Å². The molecular weight excluding hydrogens is 315 g/mol. The molecule has 0 aliphatic carbocycles. The minimum absolute atomic E-state index is 0.0373. The average Bonchev–Trinajstić information content (AvgIpc) is 2.52. The minimum Gasteiger partial charge on any atom is -0.334 e. The predicted molar refractivity (Wildman–Crippen MR) is 75.7 cm³/mol. The molecule has 0 aromatic heterocycles. The van der Waals surface area contributed by atoms with Gasteiger partial charge in [-0.3, -0.25) is 10.1 Å². The molecule has 1 aliphatic heterocycles. The van der Waals surface area contributed by atoms with Gasteiger partial charge in [-0.15, -0.1) is 0 Å². The third-order valence-corrected chi connectivity index (χ3v) is 3.76. The summed E-state index contributed by atoms with van der Waals surface area (Å²) in [5.74, 6) is -1.48. The predicted octanol–water partition coefficient (Wildman–Crippen LogP) is 3.08. The van der Waals surface area contributed by atoms with Crippen LogP contribution in [0, 0.1) is 16.0 Å². The fraction of sp³-hybridized carbons (Fsp3) is 0.500. The fourth-order valence-electron chi connectivity index (χ4n) is 2.45. The first-order chi connectivity index (χ1) is 10.8. The minimum atomic E-state index is -4.29. The summed E-state index contributed by atoms with van der Waals surface area (Å²) in [5, 5.41) is 13.1. The Morgan fingerprint density at radius 2 is 2.00 bits per heavy atom. The highest BCUT2D eigenvalue weighted by atomic mass is 19.4. The number of benzene rings is 1. The van der Waals surface area contributed by atoms with Gasteiger partial charge in [-0.05, 0) is 18.4 Å². The van der Waals surface area contributed by atoms with Crippen LogP contribution in [-0.4, -0.2) is 35.1 Å². The highest BCUT2D eigenvalue weighted by Gasteiger charge is 2.42. The van der Waals surface area contributed by atoms with Crippen molar-refractivity contribution in [3.05, 3.63) is 39.9 Å². The Balaban J connectivity index is 1.88. The normalized spacial score (nSPS) is 18.6. The van der Waals surface area contributed by atoms with Gasteiger partial charge in [0.1, 0.15) is 0 Å². The van der Waals surface area contributed by atoms with Crippen molar-refractivity contribution in [2.24, 2.45) is 5.92 Å². The SMILES string of the molecule is O=C(NCc1ccc([N+](=O)[O-])cc1)N1CCCC(C(F)(F)F)C1. The van der Waals surface area contributed by atoms with E-state index in [2.05, 4.69) is 5.32 Å². The second-order valence-corrected chi connectivity index (χ2v) is 5.41. The number of hydrogen-bond acceptors (Lipinski definition) is 3. The maximum absolute atomic E-state index is 12.7. The third kappa shape index (κ3) is 4.57. The summed E-state index contributed by atoms with van der Waals surface area (Å²) in [7, 11) is 0. The van der Waals surface area contributed by atoms with E-state index in [9.17, 15) is 28.1 Å². The first-order valence-electron chi connectivity index (χ1n) is 7.10. The van der Waals surface area contributed by atoms with Crippen molar-refractivity contribution in [3.8, 4) is 0 Å². The number of urea groups is 1. The number of amides is 2. The van der Waals surface area contributed by atoms with Crippen LogP contribution in [0.15, 0.2) is 24.3 Å². The van der Waals surface area contributed by atoms with Gasteiger partial charge in [0.25, 0.3) is 5.69 Å². The van der Waals surface area contributed by atoms with Crippen LogP contribution in [0.25, 0.3) is 0 Å². The molecular formula is C14H16F3N3O3. The van der Waals surface area contributed by atoms with E-state index in [-0.39, 0.29) is 25.2 Å². The molecule has 1 atom stereocenters. The first-order valence-corrected chi connectivity index (χ1v) is 7.10. The molecule has 9 heteroatoms. The summed E-state index contributed by atoms with van der Waals surface area (Å²) >= 11 is 0. The summed E-state index contributed by atoms with van der Waals surface area (Å²) < 4.78 is 38.2. The van der Waals surface area contributed by atoms with Crippen molar-refractivity contribution in [2.45, 2.75) is 25.6 Å². The van der Waals surface area contributed by atoms with Gasteiger partial charge in [0.2, 0.25) is 0 Å². The van der Waals surface area contributed by atoms with E-state index in [1.807, 2.05) is 0 Å². The molecule has 6 nitrogen and oxygen atoms in total. The van der Waals surface area contributed by atoms with Crippen molar-refractivity contribution in [1.29, 1.82) is 0 Å². The van der Waals surface area contributed by atoms with E-state index < -0.39 is 23.0 Å². The van der Waals surface area contributed by atoms with E-state index >= 15 is 0 Å². The molecule has 0 saturated carbocycles. The lowest BCUT2D eigenvalue weighted by atomic mass is 9.98. The molecule has 1 aliphatic rings. The molecule has 1 saturated heterocycles. The van der Waals surface area contributed by atoms with Gasteiger partial charge in [0, 0.05) is 31.8 Å². The third-order valence-electron chi connectivity index (χ3n) is 3.76. The van der Waals surface area contributed by atoms with Crippen LogP contribution >= 0.6 is 0 Å². The lowest BCUT2D eigenvalue weighted by Gasteiger charge is -2.33. The molecule has 2 rings (SSSR count). The molecule has 1 aromatic carbocycles. The number of nitro groups is 1. The summed E-state index contributed by atoms with van der Waals surface area (Å²) in [6.07, 6.45) is -3.94. The van der Waals surface area contributed by atoms with Gasteiger partial charge in [0.15, 0.2) is 0 Å². The molecule has 1 aromatic rings. The molecule has 0 radical (unpaired) electrons. The summed E-state index contributed by atoms with van der Waals surface area (Å²) in [6.45, 7) is 0.0539. The number of alkyl halides is 3. The smallest absolute Gasteiger partial charge is 0.334 e. The van der Waals surface area contributed by atoms with Gasteiger partial charge in [0.05, 0.1) is 10.8 Å². The Hall–Kier alpha value is -2.32. The number of rotatable bonds is 3. The summed E-state index contributed by atoms with van der Waals surface area (Å²) in [6, 6.07) is 5.04. The topological polar surface area (TPSA) is 75.5 Å². The second kappa shape index (κ2) is 6.84. The van der Waals surface area contributed by atoms with Crippen LogP contribution in [0.1, 0.15) is 18.4 Å². The van der Waals surface area contributed by atoms with Crippen molar-refractivity contribution in [1.82, 2.24) is 10.2 Å². The zero-order valence-corrected chi connectivity index (χ0v) is 12.2. The van der Waals surface area contributed by atoms with E-state index in [4.69, 9.17) is 0 Å². The molecule has 126 valence electrons. The van der Waals surface area contributed by atoms with Crippen molar-refractivity contribution >= 4 is 11.7 Å². The largest absolute Gasteiger partial charge is 0.393 e. The number of hydrogen-bond donors (Lipinski definition) is 1. The number of carbonyl (C=O) groups is 1. The van der Waals surface area contributed by atoms with Crippen LogP contribution in [-0.2, 0) is 6.54 Å². The monoisotopic (exact) mass is 331 g/mol. The Labute approximate surface area is 130 Å². The van der Waals surface area contributed by atoms with Crippen molar-refractivity contribution in [2.75, 3.05) is 13.1 Å². The van der Waals surface area contributed by atoms with E-state index in [1.54, 1.807) is 0 Å². The van der Waals surface area contributed by atoms with Crippen molar-refractivity contribution < 1.29 is 22.9 Å². The average molecular weight is 331 g/mol. The molecule has 1 heterocycles. The number of nitro benzene ring substituents is 1. The number of piperidine rings is 1. The Morgan fingerprint density at radius 1 is 1.35 bits per heavy atom. The molecule has 0 bridgehead atoms. The van der Waals surface area contributed by atoms with Crippen LogP contribution in [0.4, 0.5) is 23.7 Å². The maximum atomic E-state index is 12.7. The molecule has 0 spiro atoms. The van der Waals surface area contributed by atoms with Crippen molar-refractivity contribution in [3.63, 3.8) is 0 Å². The molecule has 23 heavy (non-hydrogen) atoms. The van der Waals surface area contributed by atoms with Gasteiger partial charge in [-0.25, -0.2) is 4.79 Å². The number of non-ortho nitro benzene ring substituents is 1. The summed E-state index contributed by atoms with van der Waals surface area (Å²) in [4.78, 5) is 23.1. The molecule has 1 N–H and O–H groups in total. The number of carbonyl (C=O) groups excluding carboxylic acids is 1. The maximum Gasteiger partial charge on any atom is 0.393 e. The van der Waals surface area contributed by atoms with E-state index in [1.165, 1.54) is 24.3 Å². The zero-order valence-electron chi connectivity index (χ0n) is 12.2. The van der Waals surface area contributed by atoms with Crippen LogP contribution in [0.5, 0.6) is 0 Å². The van der Waals surface area contributed by atoms with Crippen LogP contribution < -0.4 is 5.32 Å². The van der Waals surface area contributed by atoms with E-state index in [0.717, 1.165) is 4.90 Å². The van der Waals surface area contributed by atoms with Gasteiger partial charge in [-0.2, -0.15) is 13.2 Å². The lowest BCUT2D eigenvalue weighted by molar-refractivity contribution is -0.384. The fourth-order valence-corrected chi connectivity index (χ4v) is 2.45. The highest BCUT2D eigenvalue weighted by Crippen LogP contribution is 2.33. The quantitative estimate of drug-likeness (QED) is 0.683.